The average Bonchev–Trinajstić information content (AvgIpc) is 2.41. The highest BCUT2D eigenvalue weighted by Gasteiger charge is 2.11. The highest BCUT2D eigenvalue weighted by molar-refractivity contribution is 6.36. The Bertz CT molecular complexity index is 276. The molecule has 0 aliphatic rings. The molecule has 0 aliphatic carbocycles. The van der Waals surface area contributed by atoms with E-state index in [4.69, 9.17) is 13.3 Å². The predicted molar refractivity (Wildman–Crippen MR) is 78.6 cm³/mol. The fourth-order valence-electron chi connectivity index (χ4n) is 1.14. The van der Waals surface area contributed by atoms with Gasteiger partial charge in [-0.15, -0.1) is 0 Å². The second-order valence-electron chi connectivity index (χ2n) is 3.27. The van der Waals surface area contributed by atoms with E-state index < -0.39 is 9.53 Å². The van der Waals surface area contributed by atoms with Crippen LogP contribution in [-0.4, -0.2) is 29.3 Å². The van der Waals surface area contributed by atoms with Gasteiger partial charge in [0.2, 0.25) is 0 Å². The van der Waals surface area contributed by atoms with Gasteiger partial charge in [-0.3, -0.25) is 0 Å². The van der Waals surface area contributed by atoms with E-state index in [1.54, 1.807) is 0 Å². The summed E-state index contributed by atoms with van der Waals surface area (Å²) in [6.07, 6.45) is 1.83. The van der Waals surface area contributed by atoms with Gasteiger partial charge in [0.05, 0.1) is 0 Å². The minimum atomic E-state index is -1.73. The molecule has 0 amide bonds. The van der Waals surface area contributed by atoms with Crippen molar-refractivity contribution in [3.05, 3.63) is 42.5 Å². The normalized spacial score (nSPS) is 9.78. The molecule has 0 saturated heterocycles. The minimum absolute atomic E-state index is 0.677. The molecule has 0 N–H and O–H groups in total. The van der Waals surface area contributed by atoms with Gasteiger partial charge in [0.1, 0.15) is 0 Å². The zero-order valence-corrected chi connectivity index (χ0v) is 12.7. The van der Waals surface area contributed by atoms with Gasteiger partial charge in [0.15, 0.2) is 0 Å². The lowest BCUT2D eigenvalue weighted by atomic mass is 10.2. The highest BCUT2D eigenvalue weighted by Crippen LogP contribution is 1.97. The fourth-order valence-corrected chi connectivity index (χ4v) is 2.25. The molecule has 0 unspecified atom stereocenters. The largest absolute Gasteiger partial charge is 0.484 e. The van der Waals surface area contributed by atoms with E-state index in [2.05, 4.69) is 6.58 Å². The van der Waals surface area contributed by atoms with E-state index in [0.717, 1.165) is 0 Å². The van der Waals surface area contributed by atoms with E-state index in [-0.39, 0.29) is 0 Å². The first kappa shape index (κ1) is 17.1. The van der Waals surface area contributed by atoms with Gasteiger partial charge in [0.25, 0.3) is 0 Å². The smallest absolute Gasteiger partial charge is 0.376 e. The van der Waals surface area contributed by atoms with Gasteiger partial charge in [-0.2, -0.15) is 0 Å². The Morgan fingerprint density at radius 3 is 1.67 bits per heavy atom. The SMILES string of the molecule is C=Cc1ccccc1.CCO[SiH](OCC)OCC. The van der Waals surface area contributed by atoms with Crippen LogP contribution in [0.5, 0.6) is 0 Å². The molecule has 0 fully saturated rings. The summed E-state index contributed by atoms with van der Waals surface area (Å²) in [7, 11) is -1.73. The van der Waals surface area contributed by atoms with Gasteiger partial charge in [-0.25, -0.2) is 0 Å². The van der Waals surface area contributed by atoms with E-state index >= 15 is 0 Å². The van der Waals surface area contributed by atoms with Crippen LogP contribution in [-0.2, 0) is 13.3 Å². The van der Waals surface area contributed by atoms with Crippen molar-refractivity contribution in [3.8, 4) is 0 Å². The first-order valence-electron chi connectivity index (χ1n) is 6.30. The molecular formula is C14H24O3Si. The maximum Gasteiger partial charge on any atom is 0.484 e. The van der Waals surface area contributed by atoms with Crippen molar-refractivity contribution >= 4 is 15.6 Å². The van der Waals surface area contributed by atoms with Gasteiger partial charge >= 0.3 is 9.53 Å². The summed E-state index contributed by atoms with van der Waals surface area (Å²) in [5, 5.41) is 0. The predicted octanol–water partition coefficient (Wildman–Crippen LogP) is 3.14. The number of hydrogen-bond acceptors (Lipinski definition) is 3. The highest BCUT2D eigenvalue weighted by atomic mass is 28.3. The molecule has 18 heavy (non-hydrogen) atoms. The first-order valence-corrected chi connectivity index (χ1v) is 7.72. The van der Waals surface area contributed by atoms with Crippen LogP contribution in [0.15, 0.2) is 36.9 Å². The Morgan fingerprint density at radius 2 is 1.39 bits per heavy atom. The van der Waals surface area contributed by atoms with Crippen molar-refractivity contribution in [2.75, 3.05) is 19.8 Å². The molecule has 1 aromatic carbocycles. The molecule has 1 rings (SSSR count). The van der Waals surface area contributed by atoms with Gasteiger partial charge in [0, 0.05) is 19.8 Å². The second kappa shape index (κ2) is 12.5. The van der Waals surface area contributed by atoms with Crippen LogP contribution in [0.25, 0.3) is 6.08 Å². The van der Waals surface area contributed by atoms with Crippen molar-refractivity contribution < 1.29 is 13.3 Å². The summed E-state index contributed by atoms with van der Waals surface area (Å²) in [4.78, 5) is 0. The summed E-state index contributed by atoms with van der Waals surface area (Å²) >= 11 is 0. The molecule has 0 saturated carbocycles. The lowest BCUT2D eigenvalue weighted by Gasteiger charge is -2.12. The third-order valence-corrected chi connectivity index (χ3v) is 3.76. The van der Waals surface area contributed by atoms with Crippen molar-refractivity contribution in [2.24, 2.45) is 0 Å². The molecule has 1 aromatic rings. The van der Waals surface area contributed by atoms with Crippen LogP contribution < -0.4 is 0 Å². The summed E-state index contributed by atoms with van der Waals surface area (Å²) in [5.41, 5.74) is 1.17. The lowest BCUT2D eigenvalue weighted by Crippen LogP contribution is -2.27. The quantitative estimate of drug-likeness (QED) is 0.711. The zero-order valence-electron chi connectivity index (χ0n) is 11.6. The molecule has 3 nitrogen and oxygen atoms in total. The van der Waals surface area contributed by atoms with E-state index in [9.17, 15) is 0 Å². The molecule has 0 heterocycles. The van der Waals surface area contributed by atoms with Crippen LogP contribution in [0.3, 0.4) is 0 Å². The van der Waals surface area contributed by atoms with Crippen molar-refractivity contribution in [1.82, 2.24) is 0 Å². The Labute approximate surface area is 112 Å². The van der Waals surface area contributed by atoms with Crippen LogP contribution in [0.4, 0.5) is 0 Å². The minimum Gasteiger partial charge on any atom is -0.376 e. The Balaban J connectivity index is 0.000000327. The summed E-state index contributed by atoms with van der Waals surface area (Å²) in [6, 6.07) is 10.0. The second-order valence-corrected chi connectivity index (χ2v) is 4.85. The standard InChI is InChI=1S/C8H8.C6H16O3Si/c1-2-8-6-4-3-5-7-8;1-4-7-10(8-5-2)9-6-3/h2-7H,1H2;10H,4-6H2,1-3H3. The summed E-state index contributed by atoms with van der Waals surface area (Å²) in [6.45, 7) is 11.5. The molecule has 4 heteroatoms. The van der Waals surface area contributed by atoms with Gasteiger partial charge < -0.3 is 13.3 Å². The van der Waals surface area contributed by atoms with E-state index in [1.807, 2.05) is 57.2 Å². The molecule has 0 radical (unpaired) electrons. The van der Waals surface area contributed by atoms with Crippen molar-refractivity contribution in [1.29, 1.82) is 0 Å². The zero-order chi connectivity index (χ0) is 13.6. The van der Waals surface area contributed by atoms with E-state index in [1.165, 1.54) is 5.56 Å². The molecule has 0 spiro atoms. The summed E-state index contributed by atoms with van der Waals surface area (Å²) in [5.74, 6) is 0. The average molecular weight is 268 g/mol. The Kier molecular flexibility index (Phi) is 11.9. The van der Waals surface area contributed by atoms with E-state index in [0.29, 0.717) is 19.8 Å². The van der Waals surface area contributed by atoms with Gasteiger partial charge in [-0.1, -0.05) is 43.0 Å². The molecule has 0 bridgehead atoms. The van der Waals surface area contributed by atoms with Crippen LogP contribution in [0, 0.1) is 0 Å². The third-order valence-electron chi connectivity index (χ3n) is 1.94. The third kappa shape index (κ3) is 9.12. The number of benzene rings is 1. The maximum absolute atomic E-state index is 5.22. The number of hydrogen-bond donors (Lipinski definition) is 0. The molecule has 0 aromatic heterocycles. The Hall–Kier alpha value is -0.943. The van der Waals surface area contributed by atoms with Gasteiger partial charge in [-0.05, 0) is 26.3 Å². The van der Waals surface area contributed by atoms with Crippen LogP contribution in [0.1, 0.15) is 26.3 Å². The number of rotatable bonds is 7. The first-order chi connectivity index (χ1) is 8.78. The molecular weight excluding hydrogens is 244 g/mol. The monoisotopic (exact) mass is 268 g/mol. The van der Waals surface area contributed by atoms with Crippen molar-refractivity contribution in [3.63, 3.8) is 0 Å². The fraction of sp³-hybridized carbons (Fsp3) is 0.429. The molecule has 102 valence electrons. The van der Waals surface area contributed by atoms with Crippen LogP contribution >= 0.6 is 0 Å². The lowest BCUT2D eigenvalue weighted by molar-refractivity contribution is 0.107. The molecule has 0 atom stereocenters. The summed E-state index contributed by atoms with van der Waals surface area (Å²) < 4.78 is 15.7. The Morgan fingerprint density at radius 1 is 0.944 bits per heavy atom. The molecule has 0 aliphatic heterocycles. The van der Waals surface area contributed by atoms with Crippen LogP contribution in [0.2, 0.25) is 0 Å². The van der Waals surface area contributed by atoms with Crippen molar-refractivity contribution in [2.45, 2.75) is 20.8 Å². The maximum atomic E-state index is 5.22. The topological polar surface area (TPSA) is 27.7 Å².